The Hall–Kier alpha value is -3.66. The number of hydrogen-bond acceptors (Lipinski definition) is 8. The standard InChI is InChI=1S/C23H18ClF4N7O3S/c24-18-10-15(1-2-19(18)25)31-22-30-13-17(21(32-22)35-4-3-20(33-35)23(26,27)28)14-9-16(12-29-11-14)39(36,37)34-5-7-38-8-6-34/h1-4,9-13H,5-8H2,(H,30,31,32). The summed E-state index contributed by atoms with van der Waals surface area (Å²) in [5.41, 5.74) is -0.466. The highest BCUT2D eigenvalue weighted by molar-refractivity contribution is 7.89. The Morgan fingerprint density at radius 1 is 1.05 bits per heavy atom. The van der Waals surface area contributed by atoms with Gasteiger partial charge in [-0.1, -0.05) is 11.6 Å². The first-order valence-corrected chi connectivity index (χ1v) is 13.1. The van der Waals surface area contributed by atoms with Crippen LogP contribution in [-0.4, -0.2) is 63.8 Å². The van der Waals surface area contributed by atoms with Gasteiger partial charge in [0.15, 0.2) is 11.5 Å². The third-order valence-corrected chi connectivity index (χ3v) is 7.83. The van der Waals surface area contributed by atoms with Crippen LogP contribution in [0.4, 0.5) is 29.2 Å². The van der Waals surface area contributed by atoms with Gasteiger partial charge < -0.3 is 10.1 Å². The quantitative estimate of drug-likeness (QED) is 0.334. The lowest BCUT2D eigenvalue weighted by atomic mass is 10.1. The number of halogens is 5. The van der Waals surface area contributed by atoms with Crippen LogP contribution in [0, 0.1) is 5.82 Å². The smallest absolute Gasteiger partial charge is 0.379 e. The summed E-state index contributed by atoms with van der Waals surface area (Å²) >= 11 is 5.82. The van der Waals surface area contributed by atoms with Crippen LogP contribution in [0.1, 0.15) is 5.69 Å². The highest BCUT2D eigenvalue weighted by atomic mass is 35.5. The molecule has 1 saturated heterocycles. The first-order chi connectivity index (χ1) is 18.5. The molecule has 0 unspecified atom stereocenters. The number of sulfonamides is 1. The molecule has 0 aliphatic carbocycles. The molecule has 4 aromatic rings. The van der Waals surface area contributed by atoms with Crippen LogP contribution in [0.3, 0.4) is 0 Å². The second-order valence-electron chi connectivity index (χ2n) is 8.25. The number of nitrogens with one attached hydrogen (secondary N) is 1. The number of ether oxygens (including phenoxy) is 1. The predicted octanol–water partition coefficient (Wildman–Crippen LogP) is 4.30. The molecule has 1 aliphatic rings. The number of benzene rings is 1. The summed E-state index contributed by atoms with van der Waals surface area (Å²) in [5.74, 6) is -0.806. The summed E-state index contributed by atoms with van der Waals surface area (Å²) in [6.45, 7) is 0.836. The Morgan fingerprint density at radius 2 is 1.82 bits per heavy atom. The van der Waals surface area contributed by atoms with E-state index in [2.05, 4.69) is 25.4 Å². The van der Waals surface area contributed by atoms with Gasteiger partial charge in [-0.25, -0.2) is 22.5 Å². The highest BCUT2D eigenvalue weighted by Crippen LogP contribution is 2.32. The molecule has 0 amide bonds. The van der Waals surface area contributed by atoms with Crippen LogP contribution in [0.15, 0.2) is 60.0 Å². The monoisotopic (exact) mass is 583 g/mol. The van der Waals surface area contributed by atoms with Crippen LogP contribution in [0.25, 0.3) is 16.9 Å². The first kappa shape index (κ1) is 26.9. The number of alkyl halides is 3. The van der Waals surface area contributed by atoms with Crippen molar-refractivity contribution in [3.63, 3.8) is 0 Å². The van der Waals surface area contributed by atoms with Gasteiger partial charge in [-0.3, -0.25) is 4.98 Å². The normalized spacial score (nSPS) is 14.9. The van der Waals surface area contributed by atoms with Crippen molar-refractivity contribution in [2.24, 2.45) is 0 Å². The third-order valence-electron chi connectivity index (χ3n) is 5.67. The lowest BCUT2D eigenvalue weighted by Crippen LogP contribution is -2.40. The van der Waals surface area contributed by atoms with E-state index >= 15 is 0 Å². The van der Waals surface area contributed by atoms with Crippen molar-refractivity contribution < 1.29 is 30.7 Å². The maximum absolute atomic E-state index is 13.5. The van der Waals surface area contributed by atoms with E-state index in [0.717, 1.165) is 23.0 Å². The zero-order valence-electron chi connectivity index (χ0n) is 19.7. The number of anilines is 2. The van der Waals surface area contributed by atoms with E-state index in [4.69, 9.17) is 16.3 Å². The number of aromatic nitrogens is 5. The topological polar surface area (TPSA) is 115 Å². The van der Waals surface area contributed by atoms with Gasteiger partial charge in [-0.15, -0.1) is 0 Å². The summed E-state index contributed by atoms with van der Waals surface area (Å²) in [6.07, 6.45) is 0.153. The number of hydrogen-bond donors (Lipinski definition) is 1. The second-order valence-corrected chi connectivity index (χ2v) is 10.6. The fourth-order valence-electron chi connectivity index (χ4n) is 3.75. The maximum Gasteiger partial charge on any atom is 0.435 e. The fourth-order valence-corrected chi connectivity index (χ4v) is 5.33. The van der Waals surface area contributed by atoms with Gasteiger partial charge in [-0.05, 0) is 30.3 Å². The Morgan fingerprint density at radius 3 is 2.51 bits per heavy atom. The molecule has 10 nitrogen and oxygen atoms in total. The number of morpholine rings is 1. The molecule has 0 spiro atoms. The van der Waals surface area contributed by atoms with Crippen molar-refractivity contribution in [3.05, 3.63) is 71.7 Å². The Kier molecular flexibility index (Phi) is 7.24. The van der Waals surface area contributed by atoms with E-state index in [1.165, 1.54) is 41.1 Å². The van der Waals surface area contributed by atoms with E-state index in [0.29, 0.717) is 5.69 Å². The van der Waals surface area contributed by atoms with E-state index < -0.39 is 27.7 Å². The van der Waals surface area contributed by atoms with Gasteiger partial charge in [0.25, 0.3) is 0 Å². The molecular weight excluding hydrogens is 566 g/mol. The van der Waals surface area contributed by atoms with Gasteiger partial charge in [0.1, 0.15) is 10.7 Å². The molecule has 0 saturated carbocycles. The molecule has 1 fully saturated rings. The molecule has 0 radical (unpaired) electrons. The zero-order valence-corrected chi connectivity index (χ0v) is 21.3. The fraction of sp³-hybridized carbons (Fsp3) is 0.217. The molecule has 1 N–H and O–H groups in total. The number of rotatable bonds is 6. The van der Waals surface area contributed by atoms with Crippen molar-refractivity contribution in [2.75, 3.05) is 31.6 Å². The first-order valence-electron chi connectivity index (χ1n) is 11.3. The van der Waals surface area contributed by atoms with Crippen LogP contribution in [0.5, 0.6) is 0 Å². The molecule has 1 aromatic carbocycles. The van der Waals surface area contributed by atoms with Crippen LogP contribution < -0.4 is 5.32 Å². The molecule has 4 heterocycles. The number of nitrogens with zero attached hydrogens (tertiary/aromatic N) is 6. The van der Waals surface area contributed by atoms with Gasteiger partial charge in [0.05, 0.1) is 18.2 Å². The molecule has 16 heteroatoms. The average Bonchev–Trinajstić information content (AvgIpc) is 3.43. The van der Waals surface area contributed by atoms with Crippen LogP contribution >= 0.6 is 11.6 Å². The Bertz CT molecular complexity index is 1630. The minimum absolute atomic E-state index is 0.0643. The second kappa shape index (κ2) is 10.5. The van der Waals surface area contributed by atoms with E-state index in [-0.39, 0.29) is 59.1 Å². The van der Waals surface area contributed by atoms with Gasteiger partial charge in [0, 0.05) is 54.7 Å². The molecule has 5 rings (SSSR count). The Balaban J connectivity index is 1.58. The molecular formula is C23H18ClF4N7O3S. The maximum atomic E-state index is 13.5. The van der Waals surface area contributed by atoms with Crippen molar-refractivity contribution in [1.82, 2.24) is 29.0 Å². The van der Waals surface area contributed by atoms with Crippen LogP contribution in [-0.2, 0) is 20.9 Å². The van der Waals surface area contributed by atoms with Crippen molar-refractivity contribution in [3.8, 4) is 16.9 Å². The van der Waals surface area contributed by atoms with Crippen molar-refractivity contribution in [2.45, 2.75) is 11.1 Å². The molecule has 204 valence electrons. The summed E-state index contributed by atoms with van der Waals surface area (Å²) in [7, 11) is -3.92. The SMILES string of the molecule is O=S(=O)(c1cncc(-c2cnc(Nc3ccc(F)c(Cl)c3)nc2-n2ccc(C(F)(F)F)n2)c1)N1CCOCC1. The lowest BCUT2D eigenvalue weighted by Gasteiger charge is -2.26. The minimum Gasteiger partial charge on any atom is -0.379 e. The van der Waals surface area contributed by atoms with E-state index in [1.807, 2.05) is 0 Å². The molecule has 0 bridgehead atoms. The summed E-state index contributed by atoms with van der Waals surface area (Å²) < 4.78 is 87.1. The van der Waals surface area contributed by atoms with E-state index in [1.54, 1.807) is 0 Å². The van der Waals surface area contributed by atoms with Gasteiger partial charge in [-0.2, -0.15) is 27.6 Å². The highest BCUT2D eigenvalue weighted by Gasteiger charge is 2.34. The van der Waals surface area contributed by atoms with Gasteiger partial charge in [0.2, 0.25) is 16.0 Å². The lowest BCUT2D eigenvalue weighted by molar-refractivity contribution is -0.141. The predicted molar refractivity (Wildman–Crippen MR) is 132 cm³/mol. The summed E-state index contributed by atoms with van der Waals surface area (Å²) in [5, 5.41) is 6.24. The minimum atomic E-state index is -4.71. The van der Waals surface area contributed by atoms with Gasteiger partial charge >= 0.3 is 6.18 Å². The largest absolute Gasteiger partial charge is 0.435 e. The van der Waals surface area contributed by atoms with Crippen molar-refractivity contribution in [1.29, 1.82) is 0 Å². The number of pyridine rings is 1. The average molecular weight is 584 g/mol. The molecule has 0 atom stereocenters. The van der Waals surface area contributed by atoms with Crippen molar-refractivity contribution >= 4 is 33.3 Å². The summed E-state index contributed by atoms with van der Waals surface area (Å²) in [4.78, 5) is 12.4. The van der Waals surface area contributed by atoms with E-state index in [9.17, 15) is 26.0 Å². The Labute approximate surface area is 224 Å². The molecule has 39 heavy (non-hydrogen) atoms. The summed E-state index contributed by atoms with van der Waals surface area (Å²) in [6, 6.07) is 5.89. The molecule has 3 aromatic heterocycles. The van der Waals surface area contributed by atoms with Crippen LogP contribution in [0.2, 0.25) is 5.02 Å². The third kappa shape index (κ3) is 5.71. The molecule has 1 aliphatic heterocycles. The zero-order chi connectivity index (χ0) is 27.8.